The van der Waals surface area contributed by atoms with Crippen LogP contribution < -0.4 is 10.1 Å². The highest BCUT2D eigenvalue weighted by Crippen LogP contribution is 2.28. The van der Waals surface area contributed by atoms with Gasteiger partial charge in [-0.3, -0.25) is 5.32 Å². The van der Waals surface area contributed by atoms with Crippen molar-refractivity contribution in [3.8, 4) is 5.75 Å². The quantitative estimate of drug-likeness (QED) is 0.559. The Morgan fingerprint density at radius 2 is 1.86 bits per heavy atom. The molecular weight excluding hydrogens is 352 g/mol. The first-order valence-corrected chi connectivity index (χ1v) is 11.2. The molecule has 2 atom stereocenters. The summed E-state index contributed by atoms with van der Waals surface area (Å²) >= 11 is 0. The molecule has 1 saturated carbocycles. The maximum absolute atomic E-state index is 12.3. The minimum Gasteiger partial charge on any atom is -0.494 e. The van der Waals surface area contributed by atoms with Gasteiger partial charge in [-0.25, -0.2) is 4.79 Å². The monoisotopic (exact) mass is 388 g/mol. The van der Waals surface area contributed by atoms with E-state index in [2.05, 4.69) is 17.1 Å². The number of carbonyl (C=O) groups is 1. The molecule has 0 bridgehead atoms. The van der Waals surface area contributed by atoms with E-state index < -0.39 is 0 Å². The van der Waals surface area contributed by atoms with Crippen LogP contribution >= 0.6 is 0 Å². The minimum atomic E-state index is -0.347. The van der Waals surface area contributed by atoms with E-state index in [9.17, 15) is 4.79 Å². The number of likely N-dealkylation sites (tertiary alicyclic amines) is 1. The summed E-state index contributed by atoms with van der Waals surface area (Å²) in [6, 6.07) is 8.13. The maximum atomic E-state index is 12.3. The molecule has 1 aliphatic carbocycles. The average Bonchev–Trinajstić information content (AvgIpc) is 3.24. The third kappa shape index (κ3) is 6.69. The van der Waals surface area contributed by atoms with Gasteiger partial charge < -0.3 is 14.4 Å². The Labute approximate surface area is 169 Å². The molecule has 2 unspecified atom stereocenters. The van der Waals surface area contributed by atoms with Crippen molar-refractivity contribution < 1.29 is 14.3 Å². The van der Waals surface area contributed by atoms with Gasteiger partial charge in [-0.05, 0) is 75.9 Å². The number of amides is 1. The number of anilines is 1. The van der Waals surface area contributed by atoms with Crippen LogP contribution in [0.4, 0.5) is 10.5 Å². The highest BCUT2D eigenvalue weighted by molar-refractivity contribution is 5.84. The van der Waals surface area contributed by atoms with Crippen LogP contribution in [-0.2, 0) is 4.74 Å². The van der Waals surface area contributed by atoms with Gasteiger partial charge in [-0.15, -0.1) is 0 Å². The van der Waals surface area contributed by atoms with Crippen LogP contribution in [0, 0.1) is 0 Å². The van der Waals surface area contributed by atoms with Crippen molar-refractivity contribution in [3.05, 3.63) is 24.3 Å². The first-order chi connectivity index (χ1) is 13.7. The lowest BCUT2D eigenvalue weighted by molar-refractivity contribution is 0.0520. The molecular formula is C23H36N2O3. The first-order valence-electron chi connectivity index (χ1n) is 11.2. The van der Waals surface area contributed by atoms with Crippen LogP contribution in [0.25, 0.3) is 0 Å². The highest BCUT2D eigenvalue weighted by atomic mass is 16.6. The minimum absolute atomic E-state index is 0.0325. The Bertz CT molecular complexity index is 584. The van der Waals surface area contributed by atoms with Crippen LogP contribution in [0.5, 0.6) is 5.75 Å². The topological polar surface area (TPSA) is 50.8 Å². The van der Waals surface area contributed by atoms with E-state index in [1.54, 1.807) is 0 Å². The van der Waals surface area contributed by atoms with Gasteiger partial charge in [-0.1, -0.05) is 26.2 Å². The molecule has 1 aromatic rings. The second kappa shape index (κ2) is 11.3. The van der Waals surface area contributed by atoms with Gasteiger partial charge >= 0.3 is 6.09 Å². The molecule has 1 aromatic carbocycles. The van der Waals surface area contributed by atoms with Crippen molar-refractivity contribution in [2.75, 3.05) is 25.0 Å². The Hall–Kier alpha value is -1.75. The number of rotatable bonds is 9. The first kappa shape index (κ1) is 21.0. The molecule has 3 rings (SSSR count). The molecule has 1 heterocycles. The lowest BCUT2D eigenvalue weighted by Crippen LogP contribution is -2.40. The van der Waals surface area contributed by atoms with Gasteiger partial charge in [0.05, 0.1) is 6.61 Å². The number of benzene rings is 1. The Kier molecular flexibility index (Phi) is 8.46. The lowest BCUT2D eigenvalue weighted by atomic mass is 9.92. The largest absolute Gasteiger partial charge is 0.494 e. The van der Waals surface area contributed by atoms with E-state index in [1.807, 2.05) is 24.3 Å². The lowest BCUT2D eigenvalue weighted by Gasteiger charge is -2.34. The molecule has 1 aliphatic heterocycles. The molecule has 1 saturated heterocycles. The number of nitrogens with zero attached hydrogens (tertiary/aromatic N) is 1. The van der Waals surface area contributed by atoms with Gasteiger partial charge in [0.2, 0.25) is 0 Å². The Morgan fingerprint density at radius 1 is 1.07 bits per heavy atom. The van der Waals surface area contributed by atoms with Crippen molar-refractivity contribution in [2.24, 2.45) is 0 Å². The SMILES string of the molecule is CCCCCCOc1ccc(NC(=O)OC2CCCC(N3CCCC3)C2)cc1. The van der Waals surface area contributed by atoms with Gasteiger partial charge in [0.15, 0.2) is 0 Å². The van der Waals surface area contributed by atoms with E-state index in [-0.39, 0.29) is 12.2 Å². The predicted molar refractivity (Wildman–Crippen MR) is 113 cm³/mol. The van der Waals surface area contributed by atoms with Crippen LogP contribution in [0.1, 0.15) is 71.1 Å². The molecule has 5 nitrogen and oxygen atoms in total. The zero-order valence-corrected chi connectivity index (χ0v) is 17.3. The fourth-order valence-corrected chi connectivity index (χ4v) is 4.32. The summed E-state index contributed by atoms with van der Waals surface area (Å²) in [5.41, 5.74) is 0.746. The summed E-state index contributed by atoms with van der Waals surface area (Å²) in [6.07, 6.45) is 11.4. The summed E-state index contributed by atoms with van der Waals surface area (Å²) in [7, 11) is 0. The van der Waals surface area contributed by atoms with Crippen LogP contribution in [0.3, 0.4) is 0 Å². The summed E-state index contributed by atoms with van der Waals surface area (Å²) in [5.74, 6) is 0.844. The predicted octanol–water partition coefficient (Wildman–Crippen LogP) is 5.60. The number of carbonyl (C=O) groups excluding carboxylic acids is 1. The van der Waals surface area contributed by atoms with Crippen molar-refractivity contribution >= 4 is 11.8 Å². The molecule has 1 amide bonds. The second-order valence-electron chi connectivity index (χ2n) is 8.15. The van der Waals surface area contributed by atoms with E-state index in [0.717, 1.165) is 43.7 Å². The van der Waals surface area contributed by atoms with Crippen molar-refractivity contribution in [1.29, 1.82) is 0 Å². The molecule has 0 aromatic heterocycles. The third-order valence-corrected chi connectivity index (χ3v) is 5.90. The standard InChI is InChI=1S/C23H36N2O3/c1-2-3-4-7-17-27-21-13-11-19(12-14-21)24-23(26)28-22-10-8-9-20(18-22)25-15-5-6-16-25/h11-14,20,22H,2-10,15-18H2,1H3,(H,24,26). The Morgan fingerprint density at radius 3 is 2.61 bits per heavy atom. The van der Waals surface area contributed by atoms with Crippen molar-refractivity contribution in [3.63, 3.8) is 0 Å². The zero-order chi connectivity index (χ0) is 19.6. The molecule has 2 fully saturated rings. The van der Waals surface area contributed by atoms with E-state index in [4.69, 9.17) is 9.47 Å². The molecule has 28 heavy (non-hydrogen) atoms. The molecule has 2 aliphatic rings. The second-order valence-corrected chi connectivity index (χ2v) is 8.15. The molecule has 0 spiro atoms. The van der Waals surface area contributed by atoms with Crippen LogP contribution in [0.2, 0.25) is 0 Å². The van der Waals surface area contributed by atoms with E-state index >= 15 is 0 Å². The molecule has 5 heteroatoms. The summed E-state index contributed by atoms with van der Waals surface area (Å²) in [6.45, 7) is 5.36. The Balaban J connectivity index is 1.38. The van der Waals surface area contributed by atoms with Crippen LogP contribution in [-0.4, -0.2) is 42.8 Å². The van der Waals surface area contributed by atoms with Gasteiger partial charge in [0, 0.05) is 18.2 Å². The van der Waals surface area contributed by atoms with E-state index in [1.165, 1.54) is 51.6 Å². The third-order valence-electron chi connectivity index (χ3n) is 5.90. The van der Waals surface area contributed by atoms with Gasteiger partial charge in [-0.2, -0.15) is 0 Å². The number of ether oxygens (including phenoxy) is 2. The number of hydrogen-bond donors (Lipinski definition) is 1. The smallest absolute Gasteiger partial charge is 0.411 e. The van der Waals surface area contributed by atoms with E-state index in [0.29, 0.717) is 6.04 Å². The van der Waals surface area contributed by atoms with Gasteiger partial charge in [0.1, 0.15) is 11.9 Å². The fourth-order valence-electron chi connectivity index (χ4n) is 4.32. The molecule has 1 N–H and O–H groups in total. The fraction of sp³-hybridized carbons (Fsp3) is 0.696. The number of nitrogens with one attached hydrogen (secondary N) is 1. The summed E-state index contributed by atoms with van der Waals surface area (Å²) in [4.78, 5) is 14.9. The average molecular weight is 389 g/mol. The van der Waals surface area contributed by atoms with Crippen LogP contribution in [0.15, 0.2) is 24.3 Å². The zero-order valence-electron chi connectivity index (χ0n) is 17.3. The molecule has 156 valence electrons. The maximum Gasteiger partial charge on any atom is 0.411 e. The summed E-state index contributed by atoms with van der Waals surface area (Å²) < 4.78 is 11.5. The number of unbranched alkanes of at least 4 members (excludes halogenated alkanes) is 3. The van der Waals surface area contributed by atoms with Crippen molar-refractivity contribution in [1.82, 2.24) is 4.90 Å². The van der Waals surface area contributed by atoms with Crippen molar-refractivity contribution in [2.45, 2.75) is 83.3 Å². The molecule has 0 radical (unpaired) electrons. The number of hydrogen-bond acceptors (Lipinski definition) is 4. The summed E-state index contributed by atoms with van der Waals surface area (Å²) in [5, 5.41) is 2.85. The normalized spacial score (nSPS) is 22.8. The highest BCUT2D eigenvalue weighted by Gasteiger charge is 2.30. The van der Waals surface area contributed by atoms with Gasteiger partial charge in [0.25, 0.3) is 0 Å².